The van der Waals surface area contributed by atoms with Crippen LogP contribution in [0.1, 0.15) is 43.5 Å². The van der Waals surface area contributed by atoms with E-state index in [2.05, 4.69) is 25.6 Å². The summed E-state index contributed by atoms with van der Waals surface area (Å²) in [6.45, 7) is 1.85. The summed E-state index contributed by atoms with van der Waals surface area (Å²) in [6, 6.07) is 9.96. The molecular formula is C29H28ClN7O3. The molecule has 1 aliphatic rings. The number of hydrogen-bond donors (Lipinski definition) is 3. The van der Waals surface area contributed by atoms with Gasteiger partial charge >= 0.3 is 0 Å². The Labute approximate surface area is 235 Å². The van der Waals surface area contributed by atoms with Crippen LogP contribution < -0.4 is 16.2 Å². The monoisotopic (exact) mass is 557 g/mol. The molecule has 0 saturated carbocycles. The number of benzene rings is 1. The van der Waals surface area contributed by atoms with Crippen LogP contribution in [0.25, 0.3) is 28.4 Å². The van der Waals surface area contributed by atoms with Gasteiger partial charge in [-0.3, -0.25) is 19.1 Å². The van der Waals surface area contributed by atoms with E-state index in [9.17, 15) is 9.59 Å². The lowest BCUT2D eigenvalue weighted by Crippen LogP contribution is -2.32. The normalized spacial score (nSPS) is 19.7. The Bertz CT molecular complexity index is 1650. The molecule has 0 radical (unpaired) electrons. The first kappa shape index (κ1) is 27.0. The lowest BCUT2D eigenvalue weighted by atomic mass is 9.96. The number of amides is 1. The Hall–Kier alpha value is -4.57. The van der Waals surface area contributed by atoms with Gasteiger partial charge in [0.25, 0.3) is 5.56 Å². The Balaban J connectivity index is 1.60. The van der Waals surface area contributed by atoms with Crippen molar-refractivity contribution >= 4 is 29.4 Å². The molecule has 0 saturated heterocycles. The number of rotatable bonds is 5. The highest BCUT2D eigenvalue weighted by Gasteiger charge is 2.23. The molecule has 0 aliphatic carbocycles. The quantitative estimate of drug-likeness (QED) is 0.303. The molecule has 0 fully saturated rings. The van der Waals surface area contributed by atoms with Crippen molar-refractivity contribution in [3.8, 4) is 22.7 Å². The number of carbonyl (C=O) groups excluding carboxylic acids is 1. The standard InChI is InChI=1S/C29H28ClN7O3/c1-17-4-3-5-25(23-12-18(8-9-33-23)27(32-2)24(15-31)36-28(17)39)37-16-35-22(14-26(37)38)21-13-19(30)6-7-20(21)29-34-10-11-40-29/h6-17,25,31-32H,3-5H2,1-2H3,(H,36,39)/b27-24+,31-15?. The average molecular weight is 558 g/mol. The minimum atomic E-state index is -0.421. The summed E-state index contributed by atoms with van der Waals surface area (Å²) >= 11 is 6.29. The molecule has 10 nitrogen and oxygen atoms in total. The van der Waals surface area contributed by atoms with E-state index in [1.807, 2.05) is 13.0 Å². The molecule has 3 aromatic heterocycles. The fourth-order valence-corrected chi connectivity index (χ4v) is 5.06. The van der Waals surface area contributed by atoms with Crippen molar-refractivity contribution < 1.29 is 9.21 Å². The number of carbonyl (C=O) groups is 1. The third-order valence-corrected chi connectivity index (χ3v) is 7.22. The first-order valence-corrected chi connectivity index (χ1v) is 13.2. The van der Waals surface area contributed by atoms with Crippen LogP contribution in [0.3, 0.4) is 0 Å². The van der Waals surface area contributed by atoms with E-state index >= 15 is 0 Å². The number of fused-ring (bicyclic) bond motifs is 2. The zero-order valence-corrected chi connectivity index (χ0v) is 22.8. The fourth-order valence-electron chi connectivity index (χ4n) is 4.89. The van der Waals surface area contributed by atoms with Crippen molar-refractivity contribution in [3.05, 3.63) is 93.7 Å². The average Bonchev–Trinajstić information content (AvgIpc) is 3.50. The minimum absolute atomic E-state index is 0.163. The number of oxazole rings is 1. The van der Waals surface area contributed by atoms with Crippen LogP contribution in [0.2, 0.25) is 5.02 Å². The van der Waals surface area contributed by atoms with Gasteiger partial charge < -0.3 is 20.5 Å². The minimum Gasteiger partial charge on any atom is -0.445 e. The molecule has 0 spiro atoms. The van der Waals surface area contributed by atoms with Crippen LogP contribution in [0.5, 0.6) is 0 Å². The van der Waals surface area contributed by atoms with E-state index in [0.717, 1.165) is 11.8 Å². The van der Waals surface area contributed by atoms with Gasteiger partial charge in [0.05, 0.1) is 41.3 Å². The van der Waals surface area contributed by atoms with Gasteiger partial charge in [0.15, 0.2) is 0 Å². The molecule has 204 valence electrons. The smallest absolute Gasteiger partial charge is 0.254 e. The number of pyridine rings is 1. The third kappa shape index (κ3) is 5.43. The van der Waals surface area contributed by atoms with E-state index < -0.39 is 6.04 Å². The molecule has 2 bridgehead atoms. The Kier molecular flexibility index (Phi) is 7.88. The lowest BCUT2D eigenvalue weighted by Gasteiger charge is -2.23. The molecule has 40 heavy (non-hydrogen) atoms. The molecule has 4 heterocycles. The summed E-state index contributed by atoms with van der Waals surface area (Å²) in [6.07, 6.45) is 9.18. The Morgan fingerprint density at radius 2 is 1.95 bits per heavy atom. The summed E-state index contributed by atoms with van der Waals surface area (Å²) in [4.78, 5) is 39.9. The maximum Gasteiger partial charge on any atom is 0.254 e. The molecule has 1 aliphatic heterocycles. The predicted molar refractivity (Wildman–Crippen MR) is 153 cm³/mol. The SMILES string of the molecule is CN/C1=C(\C=N)NC(=O)C(C)CCCC(n2cnc(-c3cc(Cl)ccc3-c3ncco3)cc2=O)c2cc1ccn2. The second kappa shape index (κ2) is 11.7. The Morgan fingerprint density at radius 1 is 1.10 bits per heavy atom. The van der Waals surface area contributed by atoms with Crippen LogP contribution in [0.4, 0.5) is 0 Å². The van der Waals surface area contributed by atoms with Crippen LogP contribution >= 0.6 is 11.6 Å². The molecule has 11 heteroatoms. The van der Waals surface area contributed by atoms with Crippen LogP contribution in [0, 0.1) is 11.3 Å². The highest BCUT2D eigenvalue weighted by Crippen LogP contribution is 2.33. The van der Waals surface area contributed by atoms with E-state index in [4.69, 9.17) is 21.4 Å². The summed E-state index contributed by atoms with van der Waals surface area (Å²) < 4.78 is 7.06. The van der Waals surface area contributed by atoms with Crippen molar-refractivity contribution in [2.75, 3.05) is 7.05 Å². The summed E-state index contributed by atoms with van der Waals surface area (Å²) in [5, 5.41) is 14.3. The first-order chi connectivity index (χ1) is 19.4. The van der Waals surface area contributed by atoms with E-state index in [-0.39, 0.29) is 17.4 Å². The van der Waals surface area contributed by atoms with Crippen LogP contribution in [-0.2, 0) is 4.79 Å². The Morgan fingerprint density at radius 3 is 2.67 bits per heavy atom. The van der Waals surface area contributed by atoms with E-state index in [0.29, 0.717) is 64.1 Å². The van der Waals surface area contributed by atoms with Gasteiger partial charge in [-0.05, 0) is 43.2 Å². The zero-order chi connectivity index (χ0) is 28.2. The third-order valence-electron chi connectivity index (χ3n) is 6.99. The second-order valence-corrected chi connectivity index (χ2v) is 9.97. The van der Waals surface area contributed by atoms with Crippen LogP contribution in [-0.4, -0.2) is 38.7 Å². The van der Waals surface area contributed by atoms with Gasteiger partial charge in [-0.15, -0.1) is 0 Å². The highest BCUT2D eigenvalue weighted by atomic mass is 35.5. The van der Waals surface area contributed by atoms with Gasteiger partial charge in [-0.25, -0.2) is 9.97 Å². The largest absolute Gasteiger partial charge is 0.445 e. The van der Waals surface area contributed by atoms with Crippen molar-refractivity contribution in [1.82, 2.24) is 30.2 Å². The predicted octanol–water partition coefficient (Wildman–Crippen LogP) is 4.68. The number of allylic oxidation sites excluding steroid dienone is 1. The molecule has 5 rings (SSSR count). The second-order valence-electron chi connectivity index (χ2n) is 9.54. The molecule has 4 aromatic rings. The van der Waals surface area contributed by atoms with Gasteiger partial charge in [0.1, 0.15) is 6.26 Å². The van der Waals surface area contributed by atoms with Crippen LogP contribution in [0.15, 0.2) is 76.3 Å². The van der Waals surface area contributed by atoms with Crippen molar-refractivity contribution in [1.29, 1.82) is 5.41 Å². The summed E-state index contributed by atoms with van der Waals surface area (Å²) in [5.41, 5.74) is 3.82. The molecule has 1 aromatic carbocycles. The molecule has 3 N–H and O–H groups in total. The number of nitrogens with one attached hydrogen (secondary N) is 3. The van der Waals surface area contributed by atoms with E-state index in [1.54, 1.807) is 48.3 Å². The maximum atomic E-state index is 13.6. The van der Waals surface area contributed by atoms with Gasteiger partial charge in [0, 0.05) is 53.2 Å². The number of nitrogens with zero attached hydrogens (tertiary/aromatic N) is 4. The number of hydrogen-bond acceptors (Lipinski definition) is 8. The summed E-state index contributed by atoms with van der Waals surface area (Å²) in [5.74, 6) is -0.0499. The number of halogens is 1. The topological polar surface area (TPSA) is 139 Å². The van der Waals surface area contributed by atoms with Crippen molar-refractivity contribution in [2.24, 2.45) is 5.92 Å². The van der Waals surface area contributed by atoms with Gasteiger partial charge in [0.2, 0.25) is 11.8 Å². The zero-order valence-electron chi connectivity index (χ0n) is 22.0. The number of aromatic nitrogens is 4. The fraction of sp³-hybridized carbons (Fsp3) is 0.241. The van der Waals surface area contributed by atoms with Gasteiger partial charge in [-0.1, -0.05) is 24.9 Å². The van der Waals surface area contributed by atoms with E-state index in [1.165, 1.54) is 18.7 Å². The van der Waals surface area contributed by atoms with Crippen molar-refractivity contribution in [2.45, 2.75) is 32.2 Å². The lowest BCUT2D eigenvalue weighted by molar-refractivity contribution is -0.123. The molecular weight excluding hydrogens is 530 g/mol. The first-order valence-electron chi connectivity index (χ1n) is 12.9. The highest BCUT2D eigenvalue weighted by molar-refractivity contribution is 6.31. The maximum absolute atomic E-state index is 13.6. The van der Waals surface area contributed by atoms with Crippen molar-refractivity contribution in [3.63, 3.8) is 0 Å². The molecule has 2 atom stereocenters. The van der Waals surface area contributed by atoms with Gasteiger partial charge in [-0.2, -0.15) is 0 Å². The summed E-state index contributed by atoms with van der Waals surface area (Å²) in [7, 11) is 1.73. The molecule has 2 unspecified atom stereocenters. The molecule has 1 amide bonds.